The zero-order chi connectivity index (χ0) is 24.9. The van der Waals surface area contributed by atoms with Crippen molar-refractivity contribution in [1.82, 2.24) is 4.98 Å². The second-order valence-corrected chi connectivity index (χ2v) is 9.01. The predicted molar refractivity (Wildman–Crippen MR) is 138 cm³/mol. The minimum absolute atomic E-state index is 0.236. The van der Waals surface area contributed by atoms with Crippen molar-refractivity contribution in [3.05, 3.63) is 65.1 Å². The molecule has 7 nitrogen and oxygen atoms in total. The summed E-state index contributed by atoms with van der Waals surface area (Å²) >= 11 is 1.48. The maximum atomic E-state index is 14.0. The average Bonchev–Trinajstić information content (AvgIpc) is 3.49. The van der Waals surface area contributed by atoms with E-state index in [1.807, 2.05) is 33.8 Å². The van der Waals surface area contributed by atoms with Crippen LogP contribution in [0.4, 0.5) is 5.13 Å². The van der Waals surface area contributed by atoms with Gasteiger partial charge in [0.2, 0.25) is 5.75 Å². The molecule has 0 aliphatic rings. The smallest absolute Gasteiger partial charge is 0.260 e. The van der Waals surface area contributed by atoms with E-state index in [4.69, 9.17) is 23.6 Å². The van der Waals surface area contributed by atoms with Crippen molar-refractivity contribution >= 4 is 32.6 Å². The van der Waals surface area contributed by atoms with E-state index < -0.39 is 0 Å². The summed E-state index contributed by atoms with van der Waals surface area (Å²) in [5.74, 6) is 1.86. The molecule has 0 aliphatic carbocycles. The standard InChI is InChI=1S/C27H30N2O5S/c1-6-31-21-14-19(15-22(32-7-2)25(21)33-8-3)26(30)29(16-20-10-9-11-34-20)27-28-24-18(5)12-17(4)13-23(24)35-27/h9-15H,6-8,16H2,1-5H3. The summed E-state index contributed by atoms with van der Waals surface area (Å²) < 4.78 is 24.1. The third-order valence-electron chi connectivity index (χ3n) is 5.34. The highest BCUT2D eigenvalue weighted by atomic mass is 32.1. The maximum absolute atomic E-state index is 14.0. The van der Waals surface area contributed by atoms with E-state index in [0.717, 1.165) is 21.3 Å². The summed E-state index contributed by atoms with van der Waals surface area (Å²) in [4.78, 5) is 20.5. The average molecular weight is 495 g/mol. The maximum Gasteiger partial charge on any atom is 0.260 e. The molecule has 4 rings (SSSR count). The number of hydrogen-bond acceptors (Lipinski definition) is 7. The highest BCUT2D eigenvalue weighted by Crippen LogP contribution is 2.40. The molecule has 1 amide bonds. The van der Waals surface area contributed by atoms with Gasteiger partial charge in [-0.2, -0.15) is 0 Å². The number of thiazole rings is 1. The topological polar surface area (TPSA) is 74.0 Å². The molecule has 0 unspecified atom stereocenters. The first-order valence-electron chi connectivity index (χ1n) is 11.7. The number of carbonyl (C=O) groups is 1. The van der Waals surface area contributed by atoms with Crippen molar-refractivity contribution in [1.29, 1.82) is 0 Å². The molecule has 4 aromatic rings. The van der Waals surface area contributed by atoms with Crippen LogP contribution in [0.5, 0.6) is 17.2 Å². The Bertz CT molecular complexity index is 1290. The summed E-state index contributed by atoms with van der Waals surface area (Å²) in [5.41, 5.74) is 3.54. The number of aromatic nitrogens is 1. The molecule has 2 heterocycles. The Hall–Kier alpha value is -3.52. The first-order valence-corrected chi connectivity index (χ1v) is 12.5. The number of anilines is 1. The van der Waals surface area contributed by atoms with Crippen LogP contribution in [-0.2, 0) is 6.54 Å². The number of rotatable bonds is 10. The van der Waals surface area contributed by atoms with Crippen molar-refractivity contribution < 1.29 is 23.4 Å². The fourth-order valence-electron chi connectivity index (χ4n) is 3.93. The quantitative estimate of drug-likeness (QED) is 0.249. The third kappa shape index (κ3) is 5.27. The summed E-state index contributed by atoms with van der Waals surface area (Å²) in [6.07, 6.45) is 1.60. The lowest BCUT2D eigenvalue weighted by Crippen LogP contribution is -2.30. The van der Waals surface area contributed by atoms with Crippen LogP contribution < -0.4 is 19.1 Å². The molecule has 184 valence electrons. The van der Waals surface area contributed by atoms with Crippen LogP contribution in [0, 0.1) is 13.8 Å². The Morgan fingerprint density at radius 3 is 2.29 bits per heavy atom. The lowest BCUT2D eigenvalue weighted by molar-refractivity contribution is 0.0982. The van der Waals surface area contributed by atoms with E-state index in [1.165, 1.54) is 11.3 Å². The summed E-state index contributed by atoms with van der Waals surface area (Å²) in [6.45, 7) is 11.3. The number of nitrogens with zero attached hydrogens (tertiary/aromatic N) is 2. The fourth-order valence-corrected chi connectivity index (χ4v) is 5.07. The number of carbonyl (C=O) groups excluding carboxylic acids is 1. The zero-order valence-corrected chi connectivity index (χ0v) is 21.5. The second kappa shape index (κ2) is 10.8. The number of furan rings is 1. The molecule has 0 radical (unpaired) electrons. The van der Waals surface area contributed by atoms with Gasteiger partial charge in [0.15, 0.2) is 16.6 Å². The van der Waals surface area contributed by atoms with E-state index in [1.54, 1.807) is 29.4 Å². The number of aryl methyl sites for hydroxylation is 2. The van der Waals surface area contributed by atoms with Crippen LogP contribution in [0.2, 0.25) is 0 Å². The molecule has 0 atom stereocenters. The Morgan fingerprint density at radius 2 is 1.69 bits per heavy atom. The Morgan fingerprint density at radius 1 is 1.00 bits per heavy atom. The molecular formula is C27H30N2O5S. The van der Waals surface area contributed by atoms with Gasteiger partial charge in [0.05, 0.1) is 42.8 Å². The van der Waals surface area contributed by atoms with Gasteiger partial charge in [-0.15, -0.1) is 0 Å². The van der Waals surface area contributed by atoms with Crippen LogP contribution in [0.3, 0.4) is 0 Å². The minimum atomic E-state index is -0.236. The molecule has 0 saturated heterocycles. The highest BCUT2D eigenvalue weighted by Gasteiger charge is 2.26. The molecule has 0 N–H and O–H groups in total. The normalized spacial score (nSPS) is 11.0. The van der Waals surface area contributed by atoms with Gasteiger partial charge in [-0.3, -0.25) is 9.69 Å². The molecule has 0 fully saturated rings. The zero-order valence-electron chi connectivity index (χ0n) is 20.7. The van der Waals surface area contributed by atoms with Gasteiger partial charge >= 0.3 is 0 Å². The van der Waals surface area contributed by atoms with Crippen LogP contribution in [0.1, 0.15) is 48.0 Å². The Labute approximate surface area is 209 Å². The van der Waals surface area contributed by atoms with E-state index in [9.17, 15) is 4.79 Å². The van der Waals surface area contributed by atoms with Gasteiger partial charge in [-0.1, -0.05) is 17.4 Å². The van der Waals surface area contributed by atoms with Gasteiger partial charge in [0.25, 0.3) is 5.91 Å². The van der Waals surface area contributed by atoms with Gasteiger partial charge in [0, 0.05) is 5.56 Å². The van der Waals surface area contributed by atoms with E-state index in [-0.39, 0.29) is 12.5 Å². The summed E-state index contributed by atoms with van der Waals surface area (Å²) in [6, 6.07) is 11.3. The molecular weight excluding hydrogens is 464 g/mol. The molecule has 0 saturated carbocycles. The fraction of sp³-hybridized carbons (Fsp3) is 0.333. The number of benzene rings is 2. The van der Waals surface area contributed by atoms with E-state index in [2.05, 4.69) is 19.1 Å². The van der Waals surface area contributed by atoms with Gasteiger partial charge < -0.3 is 18.6 Å². The van der Waals surface area contributed by atoms with Gasteiger partial charge in [-0.05, 0) is 76.1 Å². The molecule has 2 aromatic heterocycles. The van der Waals surface area contributed by atoms with Crippen LogP contribution in [-0.4, -0.2) is 30.7 Å². The minimum Gasteiger partial charge on any atom is -0.490 e. The molecule has 35 heavy (non-hydrogen) atoms. The summed E-state index contributed by atoms with van der Waals surface area (Å²) in [7, 11) is 0. The monoisotopic (exact) mass is 494 g/mol. The number of fused-ring (bicyclic) bond motifs is 1. The first-order chi connectivity index (χ1) is 16.9. The van der Waals surface area contributed by atoms with Crippen LogP contribution in [0.15, 0.2) is 47.1 Å². The van der Waals surface area contributed by atoms with Crippen molar-refractivity contribution in [2.24, 2.45) is 0 Å². The summed E-state index contributed by atoms with van der Waals surface area (Å²) in [5, 5.41) is 0.597. The molecule has 0 spiro atoms. The Kier molecular flexibility index (Phi) is 7.60. The lowest BCUT2D eigenvalue weighted by Gasteiger charge is -2.21. The van der Waals surface area contributed by atoms with Crippen molar-refractivity contribution in [2.75, 3.05) is 24.7 Å². The molecule has 8 heteroatoms. The third-order valence-corrected chi connectivity index (χ3v) is 6.37. The molecule has 0 bridgehead atoms. The van der Waals surface area contributed by atoms with Crippen molar-refractivity contribution in [2.45, 2.75) is 41.2 Å². The number of ether oxygens (including phenoxy) is 3. The predicted octanol–water partition coefficient (Wildman–Crippen LogP) is 6.55. The van der Waals surface area contributed by atoms with E-state index >= 15 is 0 Å². The van der Waals surface area contributed by atoms with Crippen molar-refractivity contribution in [3.63, 3.8) is 0 Å². The second-order valence-electron chi connectivity index (χ2n) is 8.00. The number of hydrogen-bond donors (Lipinski definition) is 0. The molecule has 0 aliphatic heterocycles. The Balaban J connectivity index is 1.82. The largest absolute Gasteiger partial charge is 0.490 e. The highest BCUT2D eigenvalue weighted by molar-refractivity contribution is 7.22. The SMILES string of the molecule is CCOc1cc(C(=O)N(Cc2ccco2)c2nc3c(C)cc(C)cc3s2)cc(OCC)c1OCC. The molecule has 2 aromatic carbocycles. The van der Waals surface area contributed by atoms with Gasteiger partial charge in [0.1, 0.15) is 5.76 Å². The first kappa shape index (κ1) is 24.6. The van der Waals surface area contributed by atoms with E-state index in [0.29, 0.717) is 53.5 Å². The van der Waals surface area contributed by atoms with Crippen molar-refractivity contribution in [3.8, 4) is 17.2 Å². The van der Waals surface area contributed by atoms with Crippen LogP contribution >= 0.6 is 11.3 Å². The lowest BCUT2D eigenvalue weighted by atomic mass is 10.1. The van der Waals surface area contributed by atoms with Crippen LogP contribution in [0.25, 0.3) is 10.2 Å². The number of amides is 1. The van der Waals surface area contributed by atoms with Gasteiger partial charge in [-0.25, -0.2) is 4.98 Å².